The van der Waals surface area contributed by atoms with Crippen LogP contribution in [0.25, 0.3) is 11.5 Å². The van der Waals surface area contributed by atoms with Crippen LogP contribution in [0.3, 0.4) is 0 Å². The van der Waals surface area contributed by atoms with Gasteiger partial charge in [0.1, 0.15) is 5.75 Å². The Morgan fingerprint density at radius 3 is 2.67 bits per heavy atom. The van der Waals surface area contributed by atoms with Crippen molar-refractivity contribution in [3.8, 4) is 17.2 Å². The summed E-state index contributed by atoms with van der Waals surface area (Å²) in [6.45, 7) is -0.0942. The molecule has 7 nitrogen and oxygen atoms in total. The summed E-state index contributed by atoms with van der Waals surface area (Å²) in [5.74, 6) is 0.839. The Balaban J connectivity index is 1.30. The van der Waals surface area contributed by atoms with Gasteiger partial charge in [0.05, 0.1) is 16.6 Å². The molecule has 0 spiro atoms. The van der Waals surface area contributed by atoms with Crippen LogP contribution in [0.15, 0.2) is 75.2 Å². The largest absolute Gasteiger partial charge is 0.484 e. The molecule has 0 N–H and O–H groups in total. The molecule has 30 heavy (non-hydrogen) atoms. The number of carbonyl (C=O) groups excluding carboxylic acids is 1. The van der Waals surface area contributed by atoms with Crippen molar-refractivity contribution in [1.82, 2.24) is 15.2 Å². The minimum Gasteiger partial charge on any atom is -0.484 e. The van der Waals surface area contributed by atoms with Crippen molar-refractivity contribution in [3.63, 3.8) is 0 Å². The van der Waals surface area contributed by atoms with Gasteiger partial charge in [0.15, 0.2) is 6.61 Å². The highest BCUT2D eigenvalue weighted by Gasteiger charge is 2.34. The number of carbonyl (C=O) groups is 1. The molecule has 0 unspecified atom stereocenters. The standard InChI is InChI=1S/C21H16N4O3S2/c26-20(12-27-15-7-5-14(6-8-15)21-23-22-13-28-21)25-17(19-4-2-10-30-19)11-16(24-25)18-3-1-9-29-18/h1-10,13,17H,11-12H2/t17-/m0/s1. The predicted octanol–water partition coefficient (Wildman–Crippen LogP) is 4.62. The maximum absolute atomic E-state index is 13.0. The van der Waals surface area contributed by atoms with E-state index in [0.717, 1.165) is 21.0 Å². The minimum atomic E-state index is -0.180. The van der Waals surface area contributed by atoms with Crippen molar-refractivity contribution in [3.05, 3.63) is 75.4 Å². The fourth-order valence-corrected chi connectivity index (χ4v) is 4.77. The summed E-state index contributed by atoms with van der Waals surface area (Å²) >= 11 is 3.26. The lowest BCUT2D eigenvalue weighted by molar-refractivity contribution is -0.135. The van der Waals surface area contributed by atoms with Gasteiger partial charge in [-0.25, -0.2) is 5.01 Å². The molecule has 0 saturated carbocycles. The SMILES string of the molecule is O=C(COc1ccc(-c2nnco2)cc1)N1N=C(c2cccs2)C[C@H]1c1cccs1. The first-order valence-electron chi connectivity index (χ1n) is 9.24. The number of aromatic nitrogens is 2. The van der Waals surface area contributed by atoms with Crippen LogP contribution in [0.4, 0.5) is 0 Å². The maximum atomic E-state index is 13.0. The summed E-state index contributed by atoms with van der Waals surface area (Å²) in [5.41, 5.74) is 1.72. The highest BCUT2D eigenvalue weighted by Crippen LogP contribution is 2.36. The van der Waals surface area contributed by atoms with E-state index in [1.54, 1.807) is 39.8 Å². The van der Waals surface area contributed by atoms with Gasteiger partial charge in [0.25, 0.3) is 5.91 Å². The number of thiophene rings is 2. The first-order valence-corrected chi connectivity index (χ1v) is 11.0. The number of amides is 1. The molecule has 5 rings (SSSR count). The number of hydrazone groups is 1. The lowest BCUT2D eigenvalue weighted by atomic mass is 10.1. The molecular weight excluding hydrogens is 420 g/mol. The molecule has 0 fully saturated rings. The van der Waals surface area contributed by atoms with Gasteiger partial charge in [0, 0.05) is 16.9 Å². The molecule has 0 aliphatic carbocycles. The van der Waals surface area contributed by atoms with Gasteiger partial charge in [0.2, 0.25) is 12.3 Å². The molecule has 4 heterocycles. The summed E-state index contributed by atoms with van der Waals surface area (Å²) in [6.07, 6.45) is 1.98. The monoisotopic (exact) mass is 436 g/mol. The second-order valence-corrected chi connectivity index (χ2v) is 8.48. The van der Waals surface area contributed by atoms with Gasteiger partial charge in [-0.15, -0.1) is 32.9 Å². The lowest BCUT2D eigenvalue weighted by Gasteiger charge is -2.20. The van der Waals surface area contributed by atoms with E-state index in [1.807, 2.05) is 47.2 Å². The summed E-state index contributed by atoms with van der Waals surface area (Å²) in [4.78, 5) is 15.2. The Kier molecular flexibility index (Phi) is 5.12. The summed E-state index contributed by atoms with van der Waals surface area (Å²) in [5, 5.41) is 17.8. The third kappa shape index (κ3) is 3.77. The first kappa shape index (κ1) is 18.7. The molecule has 9 heteroatoms. The Morgan fingerprint density at radius 2 is 1.97 bits per heavy atom. The van der Waals surface area contributed by atoms with Gasteiger partial charge >= 0.3 is 0 Å². The van der Waals surface area contributed by atoms with E-state index in [2.05, 4.69) is 15.3 Å². The third-order valence-corrected chi connectivity index (χ3v) is 6.56. The van der Waals surface area contributed by atoms with Crippen molar-refractivity contribution >= 4 is 34.3 Å². The molecule has 0 bridgehead atoms. The second-order valence-electron chi connectivity index (χ2n) is 6.55. The second kappa shape index (κ2) is 8.21. The van der Waals surface area contributed by atoms with Crippen molar-refractivity contribution in [1.29, 1.82) is 0 Å². The predicted molar refractivity (Wildman–Crippen MR) is 115 cm³/mol. The highest BCUT2D eigenvalue weighted by molar-refractivity contribution is 7.12. The molecule has 1 aliphatic heterocycles. The smallest absolute Gasteiger partial charge is 0.281 e. The van der Waals surface area contributed by atoms with E-state index in [-0.39, 0.29) is 18.6 Å². The number of nitrogens with zero attached hydrogens (tertiary/aromatic N) is 4. The highest BCUT2D eigenvalue weighted by atomic mass is 32.1. The summed E-state index contributed by atoms with van der Waals surface area (Å²) in [7, 11) is 0. The number of hydrogen-bond donors (Lipinski definition) is 0. The molecule has 1 amide bonds. The van der Waals surface area contributed by atoms with Gasteiger partial charge in [-0.2, -0.15) is 5.10 Å². The maximum Gasteiger partial charge on any atom is 0.281 e. The van der Waals surface area contributed by atoms with Gasteiger partial charge in [-0.3, -0.25) is 4.79 Å². The van der Waals surface area contributed by atoms with Crippen LogP contribution in [-0.4, -0.2) is 33.4 Å². The third-order valence-electron chi connectivity index (χ3n) is 4.67. The minimum absolute atomic E-state index is 0.0942. The molecule has 1 atom stereocenters. The molecular formula is C21H16N4O3S2. The fraction of sp³-hybridized carbons (Fsp3) is 0.143. The fourth-order valence-electron chi connectivity index (χ4n) is 3.24. The Morgan fingerprint density at radius 1 is 1.13 bits per heavy atom. The van der Waals surface area contributed by atoms with Gasteiger partial charge in [-0.1, -0.05) is 12.1 Å². The van der Waals surface area contributed by atoms with E-state index < -0.39 is 0 Å². The van der Waals surface area contributed by atoms with Crippen LogP contribution >= 0.6 is 22.7 Å². The van der Waals surface area contributed by atoms with Gasteiger partial charge in [-0.05, 0) is 47.2 Å². The van der Waals surface area contributed by atoms with Gasteiger partial charge < -0.3 is 9.15 Å². The van der Waals surface area contributed by atoms with Crippen molar-refractivity contribution in [2.45, 2.75) is 12.5 Å². The van der Waals surface area contributed by atoms with E-state index in [0.29, 0.717) is 18.1 Å². The molecule has 150 valence electrons. The van der Waals surface area contributed by atoms with E-state index in [4.69, 9.17) is 9.15 Å². The molecule has 1 aliphatic rings. The van der Waals surface area contributed by atoms with Crippen LogP contribution < -0.4 is 4.74 Å². The van der Waals surface area contributed by atoms with E-state index >= 15 is 0 Å². The van der Waals surface area contributed by atoms with Crippen LogP contribution in [-0.2, 0) is 4.79 Å². The van der Waals surface area contributed by atoms with Crippen LogP contribution in [0.2, 0.25) is 0 Å². The van der Waals surface area contributed by atoms with Crippen molar-refractivity contribution in [2.24, 2.45) is 5.10 Å². The Bertz CT molecular complexity index is 1140. The van der Waals surface area contributed by atoms with Crippen LogP contribution in [0, 0.1) is 0 Å². The molecule has 4 aromatic rings. The zero-order valence-corrected chi connectivity index (χ0v) is 17.3. The molecule has 3 aromatic heterocycles. The number of benzene rings is 1. The zero-order valence-electron chi connectivity index (χ0n) is 15.7. The average Bonchev–Trinajstić information content (AvgIpc) is 3.58. The van der Waals surface area contributed by atoms with Crippen molar-refractivity contribution in [2.75, 3.05) is 6.61 Å². The number of rotatable bonds is 6. The van der Waals surface area contributed by atoms with E-state index in [1.165, 1.54) is 6.39 Å². The van der Waals surface area contributed by atoms with Crippen molar-refractivity contribution < 1.29 is 13.9 Å². The zero-order chi connectivity index (χ0) is 20.3. The van der Waals surface area contributed by atoms with Crippen LogP contribution in [0.1, 0.15) is 22.2 Å². The number of ether oxygens (including phenoxy) is 1. The average molecular weight is 437 g/mol. The lowest BCUT2D eigenvalue weighted by Crippen LogP contribution is -2.31. The molecule has 0 saturated heterocycles. The summed E-state index contributed by atoms with van der Waals surface area (Å²) in [6, 6.07) is 15.1. The quantitative estimate of drug-likeness (QED) is 0.441. The number of hydrogen-bond acceptors (Lipinski definition) is 8. The normalized spacial score (nSPS) is 15.9. The molecule has 0 radical (unpaired) electrons. The molecule has 1 aromatic carbocycles. The first-order chi connectivity index (χ1) is 14.8. The topological polar surface area (TPSA) is 80.8 Å². The summed E-state index contributed by atoms with van der Waals surface area (Å²) < 4.78 is 10.9. The van der Waals surface area contributed by atoms with Crippen LogP contribution in [0.5, 0.6) is 5.75 Å². The Labute approximate surface area is 180 Å². The van der Waals surface area contributed by atoms with E-state index in [9.17, 15) is 4.79 Å². The Hall–Kier alpha value is -3.30.